The highest BCUT2D eigenvalue weighted by Crippen LogP contribution is 2.41. The van der Waals surface area contributed by atoms with Gasteiger partial charge < -0.3 is 15.3 Å². The summed E-state index contributed by atoms with van der Waals surface area (Å²) in [7, 11) is 0. The minimum atomic E-state index is -0.647. The lowest BCUT2D eigenvalue weighted by atomic mass is 10.0. The Morgan fingerprint density at radius 3 is 2.65 bits per heavy atom. The number of carbonyl (C=O) groups is 2. The molecule has 0 saturated heterocycles. The van der Waals surface area contributed by atoms with E-state index in [-0.39, 0.29) is 23.7 Å². The van der Waals surface area contributed by atoms with E-state index in [1.807, 2.05) is 12.1 Å². The number of hydrogen-bond donors (Lipinski definition) is 1. The molecule has 1 aliphatic rings. The van der Waals surface area contributed by atoms with E-state index in [0.29, 0.717) is 23.1 Å². The predicted octanol–water partition coefficient (Wildman–Crippen LogP) is 5.30. The van der Waals surface area contributed by atoms with Crippen molar-refractivity contribution in [3.8, 4) is 5.75 Å². The molecule has 0 aliphatic heterocycles. The number of carbonyl (C=O) groups excluding carboxylic acids is 2. The quantitative estimate of drug-likeness (QED) is 0.263. The van der Waals surface area contributed by atoms with Gasteiger partial charge in [-0.05, 0) is 65.4 Å². The number of nitrogens with two attached hydrogens (primary N) is 1. The van der Waals surface area contributed by atoms with Gasteiger partial charge in [0.25, 0.3) is 5.91 Å². The molecule has 0 radical (unpaired) electrons. The summed E-state index contributed by atoms with van der Waals surface area (Å²) >= 11 is 6.06. The Morgan fingerprint density at radius 2 is 1.91 bits per heavy atom. The van der Waals surface area contributed by atoms with Gasteiger partial charge >= 0.3 is 0 Å². The number of fused-ring (bicyclic) bond motifs is 2. The van der Waals surface area contributed by atoms with Gasteiger partial charge in [0.1, 0.15) is 12.4 Å². The van der Waals surface area contributed by atoms with Crippen molar-refractivity contribution in [2.45, 2.75) is 18.8 Å². The van der Waals surface area contributed by atoms with Gasteiger partial charge in [-0.15, -0.1) is 0 Å². The Balaban J connectivity index is 1.45. The Bertz CT molecular complexity index is 1450. The molecule has 172 valence electrons. The molecule has 1 amide bonds. The molecule has 1 saturated carbocycles. The smallest absolute Gasteiger partial charge is 0.252 e. The first kappa shape index (κ1) is 22.0. The second-order valence-corrected chi connectivity index (χ2v) is 8.86. The van der Waals surface area contributed by atoms with Crippen LogP contribution in [0, 0.1) is 0 Å². The first-order valence-electron chi connectivity index (χ1n) is 11.0. The molecular weight excluding hydrogens is 452 g/mol. The number of benzene rings is 3. The summed E-state index contributed by atoms with van der Waals surface area (Å²) < 4.78 is 7.43. The zero-order valence-corrected chi connectivity index (χ0v) is 19.2. The monoisotopic (exact) mass is 474 g/mol. The number of amides is 1. The summed E-state index contributed by atoms with van der Waals surface area (Å²) in [5, 5.41) is 2.91. The van der Waals surface area contributed by atoms with Crippen LogP contribution in [0.3, 0.4) is 0 Å². The molecule has 1 fully saturated rings. The summed E-state index contributed by atoms with van der Waals surface area (Å²) in [6, 6.07) is 14.7. The minimum Gasteiger partial charge on any atom is -0.485 e. The molecule has 3 aromatic carbocycles. The fraction of sp³-hybridized carbons (Fsp3) is 0.185. The number of halogens is 1. The molecule has 1 heterocycles. The number of primary amides is 1. The van der Waals surface area contributed by atoms with Crippen LogP contribution in [0.25, 0.3) is 21.7 Å². The molecule has 0 atom stereocenters. The summed E-state index contributed by atoms with van der Waals surface area (Å²) in [6.07, 6.45) is 5.69. The van der Waals surface area contributed by atoms with Gasteiger partial charge in [0.05, 0.1) is 22.8 Å². The fourth-order valence-corrected chi connectivity index (χ4v) is 4.31. The average Bonchev–Trinajstić information content (AvgIpc) is 3.62. The van der Waals surface area contributed by atoms with Crippen molar-refractivity contribution in [3.05, 3.63) is 89.1 Å². The van der Waals surface area contributed by atoms with Crippen molar-refractivity contribution in [2.75, 3.05) is 13.2 Å². The third-order valence-corrected chi connectivity index (χ3v) is 6.24. The van der Waals surface area contributed by atoms with Crippen LogP contribution >= 0.6 is 11.6 Å². The van der Waals surface area contributed by atoms with Crippen LogP contribution in [-0.4, -0.2) is 29.6 Å². The maximum Gasteiger partial charge on any atom is 0.252 e. The van der Waals surface area contributed by atoms with Crippen LogP contribution in [0.5, 0.6) is 5.75 Å². The lowest BCUT2D eigenvalue weighted by molar-refractivity contribution is 0.0910. The fourth-order valence-electron chi connectivity index (χ4n) is 4.13. The number of Topliss-reactive ketones (excluding diaryl/α,β-unsaturated/α-hetero) is 1. The van der Waals surface area contributed by atoms with Crippen molar-refractivity contribution < 1.29 is 19.2 Å². The zero-order valence-electron chi connectivity index (χ0n) is 18.4. The summed E-state index contributed by atoms with van der Waals surface area (Å²) in [5.41, 5.74) is 8.30. The third-order valence-electron chi connectivity index (χ3n) is 6.00. The number of nitrogens with zero attached hydrogens (tertiary/aromatic N) is 1. The van der Waals surface area contributed by atoms with Crippen LogP contribution in [0.1, 0.15) is 45.0 Å². The summed E-state index contributed by atoms with van der Waals surface area (Å²) in [5.74, 6) is -0.0638. The molecule has 1 aromatic heterocycles. The lowest BCUT2D eigenvalue weighted by Crippen LogP contribution is -2.16. The zero-order chi connectivity index (χ0) is 23.8. The molecule has 5 rings (SSSR count). The minimum absolute atomic E-state index is 0.188. The van der Waals surface area contributed by atoms with Gasteiger partial charge in [-0.2, -0.15) is 4.73 Å². The molecule has 0 bridgehead atoms. The molecule has 0 spiro atoms. The van der Waals surface area contributed by atoms with Gasteiger partial charge in [-0.1, -0.05) is 42.5 Å². The first-order chi connectivity index (χ1) is 16.4. The van der Waals surface area contributed by atoms with E-state index in [9.17, 15) is 9.59 Å². The molecule has 0 unspecified atom stereocenters. The number of ketones is 1. The van der Waals surface area contributed by atoms with Crippen molar-refractivity contribution >= 4 is 45.0 Å². The normalized spacial score (nSPS) is 13.2. The van der Waals surface area contributed by atoms with E-state index in [4.69, 9.17) is 26.9 Å². The highest BCUT2D eigenvalue weighted by Gasteiger charge is 2.25. The Morgan fingerprint density at radius 1 is 1.09 bits per heavy atom. The highest BCUT2D eigenvalue weighted by molar-refractivity contribution is 6.31. The largest absolute Gasteiger partial charge is 0.485 e. The Hall–Kier alpha value is -3.77. The number of rotatable bonds is 9. The van der Waals surface area contributed by atoms with Crippen LogP contribution in [0.4, 0.5) is 0 Å². The predicted molar refractivity (Wildman–Crippen MR) is 133 cm³/mol. The van der Waals surface area contributed by atoms with E-state index in [1.54, 1.807) is 41.3 Å². The topological polar surface area (TPSA) is 83.6 Å². The lowest BCUT2D eigenvalue weighted by Gasteiger charge is -2.11. The maximum atomic E-state index is 13.2. The van der Waals surface area contributed by atoms with E-state index in [2.05, 4.69) is 18.7 Å². The van der Waals surface area contributed by atoms with Gasteiger partial charge in [-0.3, -0.25) is 9.59 Å². The second kappa shape index (κ2) is 8.88. The van der Waals surface area contributed by atoms with Crippen LogP contribution < -0.4 is 15.3 Å². The van der Waals surface area contributed by atoms with Gasteiger partial charge in [0.15, 0.2) is 6.61 Å². The van der Waals surface area contributed by atoms with Crippen molar-refractivity contribution in [1.29, 1.82) is 0 Å². The molecule has 2 N–H and O–H groups in total. The number of hydrogen-bond acceptors (Lipinski definition) is 4. The van der Waals surface area contributed by atoms with Gasteiger partial charge in [0, 0.05) is 10.4 Å². The highest BCUT2D eigenvalue weighted by atomic mass is 35.5. The van der Waals surface area contributed by atoms with E-state index in [0.717, 1.165) is 21.7 Å². The standard InChI is InChI=1S/C27H23ClN2O4/c1-2-9-34-30-14-23(21-8-6-17(12-24(21)30)16-3-4-16)25(31)15-33-26-13-18-5-7-20(28)10-19(18)11-22(26)27(29)32/h2,5-8,10-14,16H,1,3-4,9,15H2,(H2,29,32). The number of aromatic nitrogens is 1. The summed E-state index contributed by atoms with van der Waals surface area (Å²) in [6.45, 7) is 3.75. The molecule has 7 heteroatoms. The van der Waals surface area contributed by atoms with Crippen molar-refractivity contribution in [1.82, 2.24) is 4.73 Å². The van der Waals surface area contributed by atoms with Crippen LogP contribution in [-0.2, 0) is 0 Å². The second-order valence-electron chi connectivity index (χ2n) is 8.42. The number of ether oxygens (including phenoxy) is 1. The SMILES string of the molecule is C=CCOn1cc(C(=O)COc2cc3ccc(Cl)cc3cc2C(N)=O)c2ccc(C3CC3)cc21. The molecule has 1 aliphatic carbocycles. The Labute approximate surface area is 201 Å². The third kappa shape index (κ3) is 4.24. The Kier molecular flexibility index (Phi) is 5.75. The molecule has 34 heavy (non-hydrogen) atoms. The van der Waals surface area contributed by atoms with Crippen LogP contribution in [0.2, 0.25) is 5.02 Å². The van der Waals surface area contributed by atoms with E-state index < -0.39 is 5.91 Å². The van der Waals surface area contributed by atoms with Crippen molar-refractivity contribution in [3.63, 3.8) is 0 Å². The van der Waals surface area contributed by atoms with Gasteiger partial charge in [0.2, 0.25) is 5.78 Å². The maximum absolute atomic E-state index is 13.2. The van der Waals surface area contributed by atoms with Crippen molar-refractivity contribution in [2.24, 2.45) is 5.73 Å². The van der Waals surface area contributed by atoms with Crippen LogP contribution in [0.15, 0.2) is 67.4 Å². The molecular formula is C27H23ClN2O4. The summed E-state index contributed by atoms with van der Waals surface area (Å²) in [4.78, 5) is 31.0. The molecule has 4 aromatic rings. The van der Waals surface area contributed by atoms with Gasteiger partial charge in [-0.25, -0.2) is 0 Å². The average molecular weight is 475 g/mol. The van der Waals surface area contributed by atoms with E-state index >= 15 is 0 Å². The first-order valence-corrected chi connectivity index (χ1v) is 11.4. The molecule has 6 nitrogen and oxygen atoms in total. The van der Waals surface area contributed by atoms with E-state index in [1.165, 1.54) is 18.4 Å².